The summed E-state index contributed by atoms with van der Waals surface area (Å²) in [5.41, 5.74) is 0.601. The molecule has 1 heterocycles. The van der Waals surface area contributed by atoms with Gasteiger partial charge in [0.1, 0.15) is 0 Å². The molecule has 1 fully saturated rings. The van der Waals surface area contributed by atoms with Gasteiger partial charge in [0.05, 0.1) is 11.3 Å². The molecule has 2 rings (SSSR count). The number of sulfone groups is 1. The third-order valence-electron chi connectivity index (χ3n) is 3.56. The standard InChI is InChI=1S/C14H18F2N2O3S/c1-10-9-18(7-6-17-10)13(19)8-11-2-4-12(5-3-11)22(20,21)14(15)16/h2-5,10,14,17H,6-9H2,1H3. The lowest BCUT2D eigenvalue weighted by molar-refractivity contribution is -0.131. The van der Waals surface area contributed by atoms with Crippen molar-refractivity contribution >= 4 is 15.7 Å². The fourth-order valence-electron chi connectivity index (χ4n) is 2.35. The van der Waals surface area contributed by atoms with E-state index in [4.69, 9.17) is 0 Å². The molecule has 22 heavy (non-hydrogen) atoms. The summed E-state index contributed by atoms with van der Waals surface area (Å²) in [5, 5.41) is 3.23. The third kappa shape index (κ3) is 3.80. The van der Waals surface area contributed by atoms with Crippen molar-refractivity contribution in [1.29, 1.82) is 0 Å². The quantitative estimate of drug-likeness (QED) is 0.895. The molecule has 5 nitrogen and oxygen atoms in total. The number of rotatable bonds is 4. The summed E-state index contributed by atoms with van der Waals surface area (Å²) < 4.78 is 47.5. The number of halogens is 2. The molecule has 1 aliphatic heterocycles. The second-order valence-electron chi connectivity index (χ2n) is 5.32. The summed E-state index contributed by atoms with van der Waals surface area (Å²) in [5.74, 6) is -3.50. The van der Waals surface area contributed by atoms with Gasteiger partial charge in [0.2, 0.25) is 15.7 Å². The lowest BCUT2D eigenvalue weighted by Crippen LogP contribution is -2.51. The van der Waals surface area contributed by atoms with E-state index in [1.165, 1.54) is 12.1 Å². The van der Waals surface area contributed by atoms with Crippen LogP contribution in [0.4, 0.5) is 8.78 Å². The molecule has 0 saturated carbocycles. The van der Waals surface area contributed by atoms with E-state index >= 15 is 0 Å². The second kappa shape index (κ2) is 6.70. The van der Waals surface area contributed by atoms with Gasteiger partial charge >= 0.3 is 5.76 Å². The minimum atomic E-state index is -4.59. The number of alkyl halides is 2. The number of piperazine rings is 1. The number of benzene rings is 1. The maximum absolute atomic E-state index is 12.4. The zero-order valence-corrected chi connectivity index (χ0v) is 12.9. The van der Waals surface area contributed by atoms with Gasteiger partial charge < -0.3 is 10.2 Å². The molecule has 1 aromatic carbocycles. The van der Waals surface area contributed by atoms with Crippen molar-refractivity contribution in [1.82, 2.24) is 10.2 Å². The Balaban J connectivity index is 2.04. The fraction of sp³-hybridized carbons (Fsp3) is 0.500. The largest absolute Gasteiger partial charge is 0.341 e. The van der Waals surface area contributed by atoms with Crippen molar-refractivity contribution in [2.45, 2.75) is 30.0 Å². The zero-order valence-electron chi connectivity index (χ0n) is 12.1. The van der Waals surface area contributed by atoms with Crippen LogP contribution in [0.25, 0.3) is 0 Å². The number of nitrogens with zero attached hydrogens (tertiary/aromatic N) is 1. The average molecular weight is 332 g/mol. The molecule has 1 unspecified atom stereocenters. The van der Waals surface area contributed by atoms with E-state index in [-0.39, 0.29) is 18.4 Å². The molecule has 1 atom stereocenters. The molecule has 0 aliphatic carbocycles. The van der Waals surface area contributed by atoms with Gasteiger partial charge in [-0.2, -0.15) is 8.78 Å². The third-order valence-corrected chi connectivity index (χ3v) is 4.96. The maximum atomic E-state index is 12.4. The molecule has 8 heteroatoms. The highest BCUT2D eigenvalue weighted by atomic mass is 32.2. The first-order valence-electron chi connectivity index (χ1n) is 6.93. The predicted molar refractivity (Wildman–Crippen MR) is 77.4 cm³/mol. The molecular weight excluding hydrogens is 314 g/mol. The summed E-state index contributed by atoms with van der Waals surface area (Å²) in [4.78, 5) is 13.5. The Morgan fingerprint density at radius 1 is 1.36 bits per heavy atom. The number of amides is 1. The first kappa shape index (κ1) is 16.8. The summed E-state index contributed by atoms with van der Waals surface area (Å²) in [7, 11) is -4.59. The lowest BCUT2D eigenvalue weighted by Gasteiger charge is -2.32. The Hall–Kier alpha value is -1.54. The molecule has 0 aromatic heterocycles. The Bertz CT molecular complexity index is 632. The molecule has 1 amide bonds. The number of carbonyl (C=O) groups is 1. The first-order chi connectivity index (χ1) is 10.3. The van der Waals surface area contributed by atoms with E-state index in [0.29, 0.717) is 18.7 Å². The van der Waals surface area contributed by atoms with Gasteiger partial charge in [0.25, 0.3) is 0 Å². The summed E-state index contributed by atoms with van der Waals surface area (Å²) in [6.45, 7) is 3.97. The van der Waals surface area contributed by atoms with Crippen LogP contribution in [0.5, 0.6) is 0 Å². The van der Waals surface area contributed by atoms with Crippen molar-refractivity contribution in [2.75, 3.05) is 19.6 Å². The van der Waals surface area contributed by atoms with Crippen molar-refractivity contribution in [2.24, 2.45) is 0 Å². The molecule has 1 N–H and O–H groups in total. The molecule has 1 aliphatic rings. The van der Waals surface area contributed by atoms with Gasteiger partial charge in [-0.25, -0.2) is 8.42 Å². The SMILES string of the molecule is CC1CN(C(=O)Cc2ccc(S(=O)(=O)C(F)F)cc2)CCN1. The molecule has 0 spiro atoms. The molecule has 122 valence electrons. The number of carbonyl (C=O) groups excluding carboxylic acids is 1. The minimum absolute atomic E-state index is 0.0576. The van der Waals surface area contributed by atoms with Crippen molar-refractivity contribution < 1.29 is 22.0 Å². The van der Waals surface area contributed by atoms with E-state index in [1.807, 2.05) is 6.92 Å². The Labute approximate surface area is 128 Å². The van der Waals surface area contributed by atoms with Crippen LogP contribution in [0.3, 0.4) is 0 Å². The number of nitrogens with one attached hydrogen (secondary N) is 1. The highest BCUT2D eigenvalue weighted by Crippen LogP contribution is 2.19. The summed E-state index contributed by atoms with van der Waals surface area (Å²) in [6, 6.07) is 5.27. The molecule has 0 radical (unpaired) electrons. The first-order valence-corrected chi connectivity index (χ1v) is 8.47. The molecule has 1 aromatic rings. The van der Waals surface area contributed by atoms with E-state index in [0.717, 1.165) is 18.7 Å². The van der Waals surface area contributed by atoms with E-state index < -0.39 is 20.5 Å². The summed E-state index contributed by atoms with van der Waals surface area (Å²) >= 11 is 0. The van der Waals surface area contributed by atoms with E-state index in [1.54, 1.807) is 4.90 Å². The van der Waals surface area contributed by atoms with Crippen molar-refractivity contribution in [3.63, 3.8) is 0 Å². The van der Waals surface area contributed by atoms with Gasteiger partial charge in [-0.05, 0) is 24.6 Å². The number of hydrogen-bond acceptors (Lipinski definition) is 4. The smallest absolute Gasteiger partial charge is 0.340 e. The zero-order chi connectivity index (χ0) is 16.3. The van der Waals surface area contributed by atoms with Crippen LogP contribution >= 0.6 is 0 Å². The Morgan fingerprint density at radius 3 is 2.55 bits per heavy atom. The van der Waals surface area contributed by atoms with Gasteiger partial charge in [-0.3, -0.25) is 4.79 Å². The molecule has 0 bridgehead atoms. The van der Waals surface area contributed by atoms with Crippen molar-refractivity contribution in [3.05, 3.63) is 29.8 Å². The highest BCUT2D eigenvalue weighted by molar-refractivity contribution is 7.91. The second-order valence-corrected chi connectivity index (χ2v) is 7.24. The average Bonchev–Trinajstić information content (AvgIpc) is 2.47. The Morgan fingerprint density at radius 2 is 2.00 bits per heavy atom. The van der Waals surface area contributed by atoms with E-state index in [9.17, 15) is 22.0 Å². The van der Waals surface area contributed by atoms with Crippen LogP contribution in [-0.4, -0.2) is 50.7 Å². The van der Waals surface area contributed by atoms with Crippen LogP contribution in [-0.2, 0) is 21.1 Å². The predicted octanol–water partition coefficient (Wildman–Crippen LogP) is 1.05. The van der Waals surface area contributed by atoms with Gasteiger partial charge in [0, 0.05) is 25.7 Å². The fourth-order valence-corrected chi connectivity index (χ4v) is 3.07. The maximum Gasteiger partial charge on any atom is 0.341 e. The lowest BCUT2D eigenvalue weighted by atomic mass is 10.1. The van der Waals surface area contributed by atoms with Crippen LogP contribution in [0, 0.1) is 0 Å². The topological polar surface area (TPSA) is 66.5 Å². The van der Waals surface area contributed by atoms with E-state index in [2.05, 4.69) is 5.32 Å². The molecular formula is C14H18F2N2O3S. The normalized spacial score (nSPS) is 19.5. The Kier molecular flexibility index (Phi) is 5.12. The van der Waals surface area contributed by atoms with Crippen LogP contribution in [0.15, 0.2) is 29.2 Å². The van der Waals surface area contributed by atoms with Gasteiger partial charge in [0.15, 0.2) is 0 Å². The highest BCUT2D eigenvalue weighted by Gasteiger charge is 2.26. The van der Waals surface area contributed by atoms with Crippen LogP contribution in [0.1, 0.15) is 12.5 Å². The summed E-state index contributed by atoms with van der Waals surface area (Å²) in [6.07, 6.45) is 0.127. The molecule has 1 saturated heterocycles. The number of hydrogen-bond donors (Lipinski definition) is 1. The van der Waals surface area contributed by atoms with Gasteiger partial charge in [-0.15, -0.1) is 0 Å². The van der Waals surface area contributed by atoms with Crippen LogP contribution < -0.4 is 5.32 Å². The monoisotopic (exact) mass is 332 g/mol. The van der Waals surface area contributed by atoms with Crippen LogP contribution in [0.2, 0.25) is 0 Å². The van der Waals surface area contributed by atoms with Gasteiger partial charge in [-0.1, -0.05) is 12.1 Å². The minimum Gasteiger partial charge on any atom is -0.340 e. The van der Waals surface area contributed by atoms with Crippen molar-refractivity contribution in [3.8, 4) is 0 Å².